The molecule has 2 N–H and O–H groups in total. The Bertz CT molecular complexity index is 1450. The monoisotopic (exact) mass is 600 g/mol. The Morgan fingerprint density at radius 3 is 2.43 bits per heavy atom. The molecule has 232 valence electrons. The summed E-state index contributed by atoms with van der Waals surface area (Å²) in [4.78, 5) is 57.3. The minimum absolute atomic E-state index is 0.141. The molecule has 0 fully saturated rings. The van der Waals surface area contributed by atoms with Gasteiger partial charge in [-0.1, -0.05) is 60.7 Å². The number of ether oxygens (including phenoxy) is 2. The van der Waals surface area contributed by atoms with Crippen LogP contribution in [0.15, 0.2) is 78.9 Å². The van der Waals surface area contributed by atoms with Crippen LogP contribution in [0.4, 0.5) is 0 Å². The highest BCUT2D eigenvalue weighted by molar-refractivity contribution is 6.01. The molecule has 3 aromatic carbocycles. The summed E-state index contributed by atoms with van der Waals surface area (Å²) in [5.41, 5.74) is 2.08. The van der Waals surface area contributed by atoms with Crippen molar-refractivity contribution < 1.29 is 28.7 Å². The van der Waals surface area contributed by atoms with Gasteiger partial charge in [0.05, 0.1) is 25.1 Å². The molecular formula is C34H40N4O6. The molecule has 0 radical (unpaired) electrons. The van der Waals surface area contributed by atoms with E-state index in [1.54, 1.807) is 36.2 Å². The number of carbonyl (C=O) groups excluding carboxylic acids is 4. The van der Waals surface area contributed by atoms with Crippen molar-refractivity contribution in [1.82, 2.24) is 20.4 Å². The average Bonchev–Trinajstić information content (AvgIpc) is 3.03. The summed E-state index contributed by atoms with van der Waals surface area (Å²) in [5.74, 6) is -0.754. The summed E-state index contributed by atoms with van der Waals surface area (Å²) in [6.45, 7) is 5.05. The highest BCUT2D eigenvalue weighted by Crippen LogP contribution is 2.20. The quantitative estimate of drug-likeness (QED) is 0.411. The van der Waals surface area contributed by atoms with Gasteiger partial charge in [-0.25, -0.2) is 0 Å². The number of carbonyl (C=O) groups is 4. The van der Waals surface area contributed by atoms with E-state index in [1.165, 1.54) is 4.90 Å². The first-order valence-corrected chi connectivity index (χ1v) is 14.8. The molecule has 10 heteroatoms. The van der Waals surface area contributed by atoms with Gasteiger partial charge in [0.1, 0.15) is 36.8 Å². The maximum atomic E-state index is 13.7. The lowest BCUT2D eigenvalue weighted by Gasteiger charge is -2.29. The Morgan fingerprint density at radius 2 is 1.68 bits per heavy atom. The number of aryl methyl sites for hydroxylation is 1. The molecule has 1 aliphatic heterocycles. The molecule has 2 atom stereocenters. The zero-order valence-corrected chi connectivity index (χ0v) is 25.5. The minimum atomic E-state index is -1.20. The van der Waals surface area contributed by atoms with Crippen LogP contribution in [0.3, 0.4) is 0 Å². The number of nitrogens with zero attached hydrogens (tertiary/aromatic N) is 2. The van der Waals surface area contributed by atoms with Gasteiger partial charge in [-0.15, -0.1) is 0 Å². The van der Waals surface area contributed by atoms with Crippen molar-refractivity contribution in [3.63, 3.8) is 0 Å². The van der Waals surface area contributed by atoms with Crippen LogP contribution in [0.25, 0.3) is 0 Å². The first-order valence-electron chi connectivity index (χ1n) is 14.8. The number of hydrogen-bond donors (Lipinski definition) is 2. The third-order valence-electron chi connectivity index (χ3n) is 7.51. The fraction of sp³-hybridized carbons (Fsp3) is 0.353. The Labute approximate surface area is 258 Å². The Hall–Kier alpha value is -4.86. The van der Waals surface area contributed by atoms with E-state index >= 15 is 0 Å². The second-order valence-corrected chi connectivity index (χ2v) is 10.7. The molecule has 0 saturated heterocycles. The van der Waals surface area contributed by atoms with Crippen LogP contribution in [-0.4, -0.2) is 85.4 Å². The summed E-state index contributed by atoms with van der Waals surface area (Å²) < 4.78 is 11.8. The van der Waals surface area contributed by atoms with Gasteiger partial charge in [-0.2, -0.15) is 0 Å². The topological polar surface area (TPSA) is 117 Å². The molecule has 0 spiro atoms. The van der Waals surface area contributed by atoms with Gasteiger partial charge >= 0.3 is 0 Å². The SMILES string of the molecule is CCN1CCOc2ccccc2C(=O)N[C@H](C(=O)N(C)CCOc2ccccc2C)CC(=O)N[C@@H](Cc2ccccc2)C1=O. The molecule has 0 bridgehead atoms. The number of benzene rings is 3. The molecule has 0 aromatic heterocycles. The normalized spacial score (nSPS) is 17.8. The molecule has 44 heavy (non-hydrogen) atoms. The van der Waals surface area contributed by atoms with Crippen LogP contribution in [0.2, 0.25) is 0 Å². The minimum Gasteiger partial charge on any atom is -0.491 e. The summed E-state index contributed by atoms with van der Waals surface area (Å²) >= 11 is 0. The van der Waals surface area contributed by atoms with Crippen molar-refractivity contribution in [3.8, 4) is 11.5 Å². The fourth-order valence-electron chi connectivity index (χ4n) is 5.00. The van der Waals surface area contributed by atoms with Crippen molar-refractivity contribution in [1.29, 1.82) is 0 Å². The number of fused-ring (bicyclic) bond motifs is 1. The van der Waals surface area contributed by atoms with Crippen LogP contribution >= 0.6 is 0 Å². The van der Waals surface area contributed by atoms with Gasteiger partial charge in [0.15, 0.2) is 0 Å². The van der Waals surface area contributed by atoms with Crippen LogP contribution in [0, 0.1) is 6.92 Å². The van der Waals surface area contributed by atoms with E-state index in [0.29, 0.717) is 18.0 Å². The standard InChI is InChI=1S/C34H40N4O6/c1-4-38-19-21-44-30-17-11-9-15-26(30)32(40)36-28(33(41)37(3)18-20-43-29-16-10-8-12-24(29)2)23-31(39)35-27(34(38)42)22-25-13-6-5-7-14-25/h5-17,27-28H,4,18-23H2,1-3H3,(H,35,39)(H,36,40)/t27-,28-/m0/s1. The molecule has 4 amide bonds. The number of amides is 4. The van der Waals surface area contributed by atoms with Crippen molar-refractivity contribution in [2.75, 3.05) is 39.9 Å². The van der Waals surface area contributed by atoms with Crippen LogP contribution in [0.1, 0.15) is 34.8 Å². The number of para-hydroxylation sites is 2. The predicted molar refractivity (Wildman–Crippen MR) is 166 cm³/mol. The van der Waals surface area contributed by atoms with E-state index < -0.39 is 29.8 Å². The zero-order chi connectivity index (χ0) is 31.5. The molecule has 1 aliphatic rings. The van der Waals surface area contributed by atoms with Gasteiger partial charge in [-0.05, 0) is 43.2 Å². The summed E-state index contributed by atoms with van der Waals surface area (Å²) in [7, 11) is 1.59. The predicted octanol–water partition coefficient (Wildman–Crippen LogP) is 2.99. The third-order valence-corrected chi connectivity index (χ3v) is 7.51. The van der Waals surface area contributed by atoms with E-state index in [2.05, 4.69) is 10.6 Å². The van der Waals surface area contributed by atoms with E-state index in [0.717, 1.165) is 11.1 Å². The van der Waals surface area contributed by atoms with Gasteiger partial charge in [0.2, 0.25) is 17.7 Å². The maximum absolute atomic E-state index is 13.7. The van der Waals surface area contributed by atoms with E-state index in [9.17, 15) is 19.2 Å². The average molecular weight is 601 g/mol. The van der Waals surface area contributed by atoms with Crippen molar-refractivity contribution in [2.45, 2.75) is 38.8 Å². The maximum Gasteiger partial charge on any atom is 0.255 e. The lowest BCUT2D eigenvalue weighted by atomic mass is 10.0. The molecule has 3 aromatic rings. The molecule has 4 rings (SSSR count). The molecule has 0 saturated carbocycles. The highest BCUT2D eigenvalue weighted by Gasteiger charge is 2.31. The number of nitrogens with one attached hydrogen (secondary N) is 2. The second-order valence-electron chi connectivity index (χ2n) is 10.7. The van der Waals surface area contributed by atoms with E-state index in [1.807, 2.05) is 68.4 Å². The van der Waals surface area contributed by atoms with Crippen molar-refractivity contribution in [3.05, 3.63) is 95.6 Å². The van der Waals surface area contributed by atoms with Gasteiger partial charge in [-0.3, -0.25) is 19.2 Å². The van der Waals surface area contributed by atoms with Crippen LogP contribution in [0.5, 0.6) is 11.5 Å². The van der Waals surface area contributed by atoms with Gasteiger partial charge < -0.3 is 29.9 Å². The molecule has 0 aliphatic carbocycles. The second kappa shape index (κ2) is 15.6. The van der Waals surface area contributed by atoms with E-state index in [4.69, 9.17) is 9.47 Å². The summed E-state index contributed by atoms with van der Waals surface area (Å²) in [6.07, 6.45) is -0.0893. The zero-order valence-electron chi connectivity index (χ0n) is 25.5. The van der Waals surface area contributed by atoms with Gasteiger partial charge in [0, 0.05) is 20.0 Å². The van der Waals surface area contributed by atoms with Gasteiger partial charge in [0.25, 0.3) is 5.91 Å². The molecule has 10 nitrogen and oxygen atoms in total. The molecule has 0 unspecified atom stereocenters. The Kier molecular flexibility index (Phi) is 11.3. The van der Waals surface area contributed by atoms with E-state index in [-0.39, 0.29) is 50.6 Å². The largest absolute Gasteiger partial charge is 0.491 e. The summed E-state index contributed by atoms with van der Waals surface area (Å²) in [5, 5.41) is 5.59. The lowest BCUT2D eigenvalue weighted by Crippen LogP contribution is -2.54. The molecular weight excluding hydrogens is 560 g/mol. The first-order chi connectivity index (χ1) is 21.3. The van der Waals surface area contributed by atoms with Crippen LogP contribution < -0.4 is 20.1 Å². The van der Waals surface area contributed by atoms with Crippen molar-refractivity contribution >= 4 is 23.6 Å². The Morgan fingerprint density at radius 1 is 0.977 bits per heavy atom. The number of hydrogen-bond acceptors (Lipinski definition) is 6. The smallest absolute Gasteiger partial charge is 0.255 e. The number of likely N-dealkylation sites (N-methyl/N-ethyl adjacent to an activating group) is 2. The summed E-state index contributed by atoms with van der Waals surface area (Å²) in [6, 6.07) is 21.6. The van der Waals surface area contributed by atoms with Crippen molar-refractivity contribution in [2.24, 2.45) is 0 Å². The third kappa shape index (κ3) is 8.59. The molecule has 1 heterocycles. The number of rotatable bonds is 8. The van der Waals surface area contributed by atoms with Crippen LogP contribution in [-0.2, 0) is 20.8 Å². The highest BCUT2D eigenvalue weighted by atomic mass is 16.5. The lowest BCUT2D eigenvalue weighted by molar-refractivity contribution is -0.138. The fourth-order valence-corrected chi connectivity index (χ4v) is 5.00. The first kappa shape index (κ1) is 32.1. The Balaban J connectivity index is 1.57.